The summed E-state index contributed by atoms with van der Waals surface area (Å²) in [5.41, 5.74) is 0.742. The molecule has 0 amide bonds. The number of ether oxygens (including phenoxy) is 1. The maximum atomic E-state index is 12.8. The largest absolute Gasteiger partial charge is 0.492 e. The molecule has 0 aliphatic carbocycles. The topological polar surface area (TPSA) is 55.4 Å². The van der Waals surface area contributed by atoms with Crippen LogP contribution in [0, 0.1) is 12.7 Å². The lowest BCUT2D eigenvalue weighted by molar-refractivity contribution is 0.313. The SMILES string of the molecule is Cc1cc(F)ccc1OCCNCCS(C)(=O)=O. The van der Waals surface area contributed by atoms with E-state index in [2.05, 4.69) is 5.32 Å². The van der Waals surface area contributed by atoms with Gasteiger partial charge < -0.3 is 10.1 Å². The van der Waals surface area contributed by atoms with E-state index in [0.29, 0.717) is 25.4 Å². The minimum absolute atomic E-state index is 0.114. The summed E-state index contributed by atoms with van der Waals surface area (Å²) in [5.74, 6) is 0.468. The molecule has 0 saturated heterocycles. The number of hydrogen-bond donors (Lipinski definition) is 1. The molecule has 0 atom stereocenters. The molecule has 0 aliphatic heterocycles. The van der Waals surface area contributed by atoms with Crippen molar-refractivity contribution >= 4 is 9.84 Å². The van der Waals surface area contributed by atoms with Gasteiger partial charge in [-0.05, 0) is 30.7 Å². The molecule has 0 aromatic heterocycles. The number of aryl methyl sites for hydroxylation is 1. The average molecular weight is 275 g/mol. The van der Waals surface area contributed by atoms with Gasteiger partial charge in [0.1, 0.15) is 28.0 Å². The molecule has 1 rings (SSSR count). The summed E-state index contributed by atoms with van der Waals surface area (Å²) in [6.07, 6.45) is 1.20. The molecule has 1 N–H and O–H groups in total. The minimum atomic E-state index is -2.92. The highest BCUT2D eigenvalue weighted by molar-refractivity contribution is 7.90. The summed E-state index contributed by atoms with van der Waals surface area (Å²) in [5, 5.41) is 2.96. The summed E-state index contributed by atoms with van der Waals surface area (Å²) in [6, 6.07) is 4.34. The van der Waals surface area contributed by atoms with Crippen LogP contribution in [0.4, 0.5) is 4.39 Å². The maximum Gasteiger partial charge on any atom is 0.148 e. The third-order valence-electron chi connectivity index (χ3n) is 2.32. The monoisotopic (exact) mass is 275 g/mol. The molecule has 0 bridgehead atoms. The second-order valence-corrected chi connectivity index (χ2v) is 6.40. The molecule has 0 heterocycles. The Hall–Kier alpha value is -1.14. The fourth-order valence-corrected chi connectivity index (χ4v) is 1.91. The normalized spacial score (nSPS) is 11.5. The van der Waals surface area contributed by atoms with Crippen molar-refractivity contribution in [2.75, 3.05) is 31.7 Å². The summed E-state index contributed by atoms with van der Waals surface area (Å²) in [6.45, 7) is 3.14. The predicted molar refractivity (Wildman–Crippen MR) is 69.2 cm³/mol. The summed E-state index contributed by atoms with van der Waals surface area (Å²) in [7, 11) is -2.92. The molecule has 4 nitrogen and oxygen atoms in total. The number of rotatable bonds is 7. The van der Waals surface area contributed by atoms with E-state index in [4.69, 9.17) is 4.74 Å². The van der Waals surface area contributed by atoms with Crippen LogP contribution in [0.15, 0.2) is 18.2 Å². The Morgan fingerprint density at radius 1 is 1.33 bits per heavy atom. The molecule has 102 valence electrons. The molecule has 6 heteroatoms. The molecule has 1 aromatic carbocycles. The predicted octanol–water partition coefficient (Wildman–Crippen LogP) is 1.15. The van der Waals surface area contributed by atoms with Crippen molar-refractivity contribution in [3.8, 4) is 5.75 Å². The molecular weight excluding hydrogens is 257 g/mol. The number of nitrogens with one attached hydrogen (secondary N) is 1. The fraction of sp³-hybridized carbons (Fsp3) is 0.500. The van der Waals surface area contributed by atoms with Gasteiger partial charge in [-0.25, -0.2) is 12.8 Å². The molecule has 1 aromatic rings. The first-order valence-corrected chi connectivity index (χ1v) is 7.72. The van der Waals surface area contributed by atoms with E-state index in [9.17, 15) is 12.8 Å². The van der Waals surface area contributed by atoms with Gasteiger partial charge in [0.15, 0.2) is 0 Å². The van der Waals surface area contributed by atoms with Gasteiger partial charge in [0.25, 0.3) is 0 Å². The van der Waals surface area contributed by atoms with Crippen molar-refractivity contribution < 1.29 is 17.5 Å². The molecular formula is C12H18FNO3S. The molecule has 18 heavy (non-hydrogen) atoms. The van der Waals surface area contributed by atoms with Crippen molar-refractivity contribution in [2.24, 2.45) is 0 Å². The van der Waals surface area contributed by atoms with Crippen LogP contribution in [0.5, 0.6) is 5.75 Å². The summed E-state index contributed by atoms with van der Waals surface area (Å²) >= 11 is 0. The van der Waals surface area contributed by atoms with Crippen molar-refractivity contribution in [1.29, 1.82) is 0 Å². The van der Waals surface area contributed by atoms with Gasteiger partial charge in [0, 0.05) is 19.3 Å². The standard InChI is InChI=1S/C12H18FNO3S/c1-10-9-11(13)3-4-12(10)17-7-5-14-6-8-18(2,15)16/h3-4,9,14H,5-8H2,1-2H3. The van der Waals surface area contributed by atoms with Crippen LogP contribution in [0.1, 0.15) is 5.56 Å². The first-order chi connectivity index (χ1) is 8.38. The average Bonchev–Trinajstić information content (AvgIpc) is 2.24. The quantitative estimate of drug-likeness (QED) is 0.758. The van der Waals surface area contributed by atoms with Gasteiger partial charge in [-0.15, -0.1) is 0 Å². The van der Waals surface area contributed by atoms with Crippen molar-refractivity contribution in [3.05, 3.63) is 29.6 Å². The Morgan fingerprint density at radius 2 is 2.06 bits per heavy atom. The van der Waals surface area contributed by atoms with Crippen LogP contribution in [0.3, 0.4) is 0 Å². The van der Waals surface area contributed by atoms with Crippen molar-refractivity contribution in [2.45, 2.75) is 6.92 Å². The van der Waals surface area contributed by atoms with Crippen LogP contribution in [-0.2, 0) is 9.84 Å². The Morgan fingerprint density at radius 3 is 2.67 bits per heavy atom. The van der Waals surface area contributed by atoms with E-state index in [-0.39, 0.29) is 11.6 Å². The first kappa shape index (κ1) is 14.9. The smallest absolute Gasteiger partial charge is 0.148 e. The maximum absolute atomic E-state index is 12.8. The Labute approximate surface area is 107 Å². The Kier molecular flexibility index (Phi) is 5.55. The van der Waals surface area contributed by atoms with Gasteiger partial charge in [0.05, 0.1) is 5.75 Å². The zero-order valence-electron chi connectivity index (χ0n) is 10.6. The van der Waals surface area contributed by atoms with Crippen molar-refractivity contribution in [1.82, 2.24) is 5.32 Å². The third-order valence-corrected chi connectivity index (χ3v) is 3.27. The molecule has 0 aliphatic rings. The number of halogens is 1. The van der Waals surface area contributed by atoms with Crippen molar-refractivity contribution in [3.63, 3.8) is 0 Å². The Bertz CT molecular complexity index is 488. The molecule has 0 unspecified atom stereocenters. The van der Waals surface area contributed by atoms with Gasteiger partial charge in [-0.3, -0.25) is 0 Å². The number of sulfone groups is 1. The summed E-state index contributed by atoms with van der Waals surface area (Å²) < 4.78 is 40.0. The zero-order valence-corrected chi connectivity index (χ0v) is 11.4. The molecule has 0 spiro atoms. The lowest BCUT2D eigenvalue weighted by Crippen LogP contribution is -2.26. The number of benzene rings is 1. The minimum Gasteiger partial charge on any atom is -0.492 e. The summed E-state index contributed by atoms with van der Waals surface area (Å²) in [4.78, 5) is 0. The van der Waals surface area contributed by atoms with E-state index >= 15 is 0 Å². The number of hydrogen-bond acceptors (Lipinski definition) is 4. The Balaban J connectivity index is 2.22. The second kappa shape index (κ2) is 6.70. The van der Waals surface area contributed by atoms with Gasteiger partial charge in [0.2, 0.25) is 0 Å². The van der Waals surface area contributed by atoms with Crippen LogP contribution in [0.25, 0.3) is 0 Å². The highest BCUT2D eigenvalue weighted by atomic mass is 32.2. The van der Waals surface area contributed by atoms with E-state index in [1.807, 2.05) is 0 Å². The second-order valence-electron chi connectivity index (χ2n) is 4.14. The van der Waals surface area contributed by atoms with E-state index in [1.165, 1.54) is 18.4 Å². The zero-order chi connectivity index (χ0) is 13.6. The molecule has 0 radical (unpaired) electrons. The third kappa shape index (κ3) is 5.97. The van der Waals surface area contributed by atoms with Crippen LogP contribution in [-0.4, -0.2) is 40.1 Å². The molecule has 0 fully saturated rings. The van der Waals surface area contributed by atoms with Gasteiger partial charge in [-0.2, -0.15) is 0 Å². The molecule has 0 saturated carbocycles. The highest BCUT2D eigenvalue weighted by Gasteiger charge is 2.02. The lowest BCUT2D eigenvalue weighted by Gasteiger charge is -2.09. The van der Waals surface area contributed by atoms with Crippen LogP contribution >= 0.6 is 0 Å². The van der Waals surface area contributed by atoms with E-state index < -0.39 is 9.84 Å². The van der Waals surface area contributed by atoms with E-state index in [0.717, 1.165) is 5.56 Å². The van der Waals surface area contributed by atoms with Gasteiger partial charge in [-0.1, -0.05) is 0 Å². The van der Waals surface area contributed by atoms with E-state index in [1.54, 1.807) is 13.0 Å². The highest BCUT2D eigenvalue weighted by Crippen LogP contribution is 2.17. The van der Waals surface area contributed by atoms with Crippen LogP contribution in [0.2, 0.25) is 0 Å². The lowest BCUT2D eigenvalue weighted by atomic mass is 10.2. The van der Waals surface area contributed by atoms with Crippen LogP contribution < -0.4 is 10.1 Å². The fourth-order valence-electron chi connectivity index (χ4n) is 1.39. The van der Waals surface area contributed by atoms with Gasteiger partial charge >= 0.3 is 0 Å². The first-order valence-electron chi connectivity index (χ1n) is 5.66.